The SMILES string of the molecule is COc1ccc(NC(=O)c2cnc(Nc3ccc(C)cc3C)nc2)c(OC)c1. The highest BCUT2D eigenvalue weighted by Gasteiger charge is 2.12. The van der Waals surface area contributed by atoms with Crippen LogP contribution in [0.3, 0.4) is 0 Å². The molecule has 7 nitrogen and oxygen atoms in total. The van der Waals surface area contributed by atoms with Crippen molar-refractivity contribution < 1.29 is 14.3 Å². The van der Waals surface area contributed by atoms with E-state index in [9.17, 15) is 4.79 Å². The first-order valence-electron chi connectivity index (χ1n) is 8.70. The van der Waals surface area contributed by atoms with Gasteiger partial charge < -0.3 is 20.1 Å². The van der Waals surface area contributed by atoms with Crippen molar-refractivity contribution in [1.82, 2.24) is 9.97 Å². The second-order valence-corrected chi connectivity index (χ2v) is 6.26. The van der Waals surface area contributed by atoms with Crippen LogP contribution < -0.4 is 20.1 Å². The molecule has 0 aliphatic rings. The number of rotatable bonds is 6. The first-order chi connectivity index (χ1) is 13.5. The van der Waals surface area contributed by atoms with Gasteiger partial charge >= 0.3 is 0 Å². The van der Waals surface area contributed by atoms with E-state index in [1.807, 2.05) is 26.0 Å². The molecule has 0 radical (unpaired) electrons. The third-order valence-corrected chi connectivity index (χ3v) is 4.20. The number of aromatic nitrogens is 2. The van der Waals surface area contributed by atoms with E-state index in [0.29, 0.717) is 28.7 Å². The fourth-order valence-corrected chi connectivity index (χ4v) is 2.68. The number of nitrogens with one attached hydrogen (secondary N) is 2. The third-order valence-electron chi connectivity index (χ3n) is 4.20. The Hall–Kier alpha value is -3.61. The molecule has 0 bridgehead atoms. The molecule has 0 saturated heterocycles. The van der Waals surface area contributed by atoms with E-state index in [0.717, 1.165) is 11.3 Å². The zero-order valence-electron chi connectivity index (χ0n) is 16.2. The summed E-state index contributed by atoms with van der Waals surface area (Å²) in [5.74, 6) is 1.23. The summed E-state index contributed by atoms with van der Waals surface area (Å²) in [6.45, 7) is 4.05. The first-order valence-corrected chi connectivity index (χ1v) is 8.70. The van der Waals surface area contributed by atoms with Crippen LogP contribution in [0.25, 0.3) is 0 Å². The summed E-state index contributed by atoms with van der Waals surface area (Å²) < 4.78 is 10.5. The normalized spacial score (nSPS) is 10.3. The van der Waals surface area contributed by atoms with E-state index in [1.165, 1.54) is 25.1 Å². The molecule has 0 aliphatic carbocycles. The lowest BCUT2D eigenvalue weighted by atomic mass is 10.1. The topological polar surface area (TPSA) is 85.4 Å². The Labute approximate surface area is 163 Å². The van der Waals surface area contributed by atoms with Crippen LogP contribution in [0.2, 0.25) is 0 Å². The van der Waals surface area contributed by atoms with Gasteiger partial charge in [0.05, 0.1) is 25.5 Å². The molecule has 0 fully saturated rings. The van der Waals surface area contributed by atoms with E-state index in [-0.39, 0.29) is 5.91 Å². The van der Waals surface area contributed by atoms with Crippen molar-refractivity contribution in [3.05, 3.63) is 65.5 Å². The van der Waals surface area contributed by atoms with Gasteiger partial charge in [-0.3, -0.25) is 4.79 Å². The largest absolute Gasteiger partial charge is 0.497 e. The van der Waals surface area contributed by atoms with Gasteiger partial charge in [0.1, 0.15) is 11.5 Å². The lowest BCUT2D eigenvalue weighted by Gasteiger charge is -2.12. The average molecular weight is 378 g/mol. The zero-order valence-corrected chi connectivity index (χ0v) is 16.2. The molecule has 3 aromatic rings. The van der Waals surface area contributed by atoms with Crippen LogP contribution in [0, 0.1) is 13.8 Å². The van der Waals surface area contributed by atoms with Gasteiger partial charge in [0, 0.05) is 24.1 Å². The second-order valence-electron chi connectivity index (χ2n) is 6.26. The lowest BCUT2D eigenvalue weighted by Crippen LogP contribution is -2.14. The number of carbonyl (C=O) groups excluding carboxylic acids is 1. The number of carbonyl (C=O) groups is 1. The minimum atomic E-state index is -0.332. The van der Waals surface area contributed by atoms with Crippen LogP contribution in [0.1, 0.15) is 21.5 Å². The first kappa shape index (κ1) is 19.2. The molecule has 2 aromatic carbocycles. The van der Waals surface area contributed by atoms with Gasteiger partial charge in [0.25, 0.3) is 5.91 Å². The lowest BCUT2D eigenvalue weighted by molar-refractivity contribution is 0.102. The number of amides is 1. The van der Waals surface area contributed by atoms with Gasteiger partial charge in [0.2, 0.25) is 5.95 Å². The molecule has 144 valence electrons. The maximum Gasteiger partial charge on any atom is 0.258 e. The number of methoxy groups -OCH3 is 2. The Kier molecular flexibility index (Phi) is 5.74. The van der Waals surface area contributed by atoms with Crippen LogP contribution in [-0.4, -0.2) is 30.1 Å². The van der Waals surface area contributed by atoms with Gasteiger partial charge in [-0.15, -0.1) is 0 Å². The highest BCUT2D eigenvalue weighted by Crippen LogP contribution is 2.29. The Morgan fingerprint density at radius 2 is 1.64 bits per heavy atom. The van der Waals surface area contributed by atoms with Crippen molar-refractivity contribution in [2.45, 2.75) is 13.8 Å². The van der Waals surface area contributed by atoms with Gasteiger partial charge in [-0.05, 0) is 37.6 Å². The Bertz CT molecular complexity index is 987. The number of anilines is 3. The van der Waals surface area contributed by atoms with Gasteiger partial charge in [0.15, 0.2) is 0 Å². The maximum absolute atomic E-state index is 12.5. The van der Waals surface area contributed by atoms with Gasteiger partial charge in [-0.1, -0.05) is 17.7 Å². The number of ether oxygens (including phenoxy) is 2. The fourth-order valence-electron chi connectivity index (χ4n) is 2.68. The summed E-state index contributed by atoms with van der Waals surface area (Å²) in [6.07, 6.45) is 2.95. The quantitative estimate of drug-likeness (QED) is 0.671. The zero-order chi connectivity index (χ0) is 20.1. The highest BCUT2D eigenvalue weighted by molar-refractivity contribution is 6.04. The molecule has 7 heteroatoms. The monoisotopic (exact) mass is 378 g/mol. The smallest absolute Gasteiger partial charge is 0.258 e. The fraction of sp³-hybridized carbons (Fsp3) is 0.190. The summed E-state index contributed by atoms with van der Waals surface area (Å²) >= 11 is 0. The van der Waals surface area contributed by atoms with Crippen molar-refractivity contribution >= 4 is 23.2 Å². The summed E-state index contributed by atoms with van der Waals surface area (Å²) in [5.41, 5.74) is 4.07. The molecule has 1 heterocycles. The number of hydrogen-bond donors (Lipinski definition) is 2. The van der Waals surface area contributed by atoms with Gasteiger partial charge in [-0.2, -0.15) is 0 Å². The predicted molar refractivity (Wildman–Crippen MR) is 109 cm³/mol. The van der Waals surface area contributed by atoms with Crippen molar-refractivity contribution in [2.75, 3.05) is 24.9 Å². The molecule has 28 heavy (non-hydrogen) atoms. The molecular weight excluding hydrogens is 356 g/mol. The molecule has 3 rings (SSSR count). The summed E-state index contributed by atoms with van der Waals surface area (Å²) in [6, 6.07) is 11.2. The number of nitrogens with zero attached hydrogens (tertiary/aromatic N) is 2. The summed E-state index contributed by atoms with van der Waals surface area (Å²) in [5, 5.41) is 5.95. The molecule has 0 saturated carbocycles. The van der Waals surface area contributed by atoms with E-state index in [2.05, 4.69) is 26.7 Å². The van der Waals surface area contributed by atoms with Crippen molar-refractivity contribution in [1.29, 1.82) is 0 Å². The minimum absolute atomic E-state index is 0.332. The molecule has 0 atom stereocenters. The number of benzene rings is 2. The average Bonchev–Trinajstić information content (AvgIpc) is 2.71. The van der Waals surface area contributed by atoms with Crippen molar-refractivity contribution in [2.24, 2.45) is 0 Å². The van der Waals surface area contributed by atoms with E-state index in [1.54, 1.807) is 25.3 Å². The Morgan fingerprint density at radius 1 is 0.929 bits per heavy atom. The molecule has 2 N–H and O–H groups in total. The standard InChI is InChI=1S/C21H22N4O3/c1-13-5-7-17(14(2)9-13)25-21-22-11-15(12-23-21)20(26)24-18-8-6-16(27-3)10-19(18)28-4/h5-12H,1-4H3,(H,24,26)(H,22,23,25). The number of hydrogen-bond acceptors (Lipinski definition) is 6. The molecule has 1 amide bonds. The molecular formula is C21H22N4O3. The maximum atomic E-state index is 12.5. The predicted octanol–water partition coefficient (Wildman–Crippen LogP) is 4.11. The molecule has 0 unspecified atom stereocenters. The van der Waals surface area contributed by atoms with Crippen LogP contribution in [0.4, 0.5) is 17.3 Å². The van der Waals surface area contributed by atoms with Crippen LogP contribution in [0.5, 0.6) is 11.5 Å². The van der Waals surface area contributed by atoms with Crippen LogP contribution in [-0.2, 0) is 0 Å². The van der Waals surface area contributed by atoms with Crippen molar-refractivity contribution in [3.8, 4) is 11.5 Å². The summed E-state index contributed by atoms with van der Waals surface area (Å²) in [4.78, 5) is 21.0. The van der Waals surface area contributed by atoms with E-state index in [4.69, 9.17) is 9.47 Å². The molecule has 0 spiro atoms. The van der Waals surface area contributed by atoms with Crippen LogP contribution in [0.15, 0.2) is 48.8 Å². The Balaban J connectivity index is 1.72. The van der Waals surface area contributed by atoms with Crippen LogP contribution >= 0.6 is 0 Å². The van der Waals surface area contributed by atoms with Gasteiger partial charge in [-0.25, -0.2) is 9.97 Å². The summed E-state index contributed by atoms with van der Waals surface area (Å²) in [7, 11) is 3.10. The molecule has 0 aliphatic heterocycles. The number of aryl methyl sites for hydroxylation is 2. The van der Waals surface area contributed by atoms with E-state index >= 15 is 0 Å². The van der Waals surface area contributed by atoms with E-state index < -0.39 is 0 Å². The minimum Gasteiger partial charge on any atom is -0.497 e. The Morgan fingerprint density at radius 3 is 2.29 bits per heavy atom. The molecule has 1 aromatic heterocycles. The highest BCUT2D eigenvalue weighted by atomic mass is 16.5. The van der Waals surface area contributed by atoms with Crippen molar-refractivity contribution in [3.63, 3.8) is 0 Å². The second kappa shape index (κ2) is 8.39. The third kappa shape index (κ3) is 4.37.